The van der Waals surface area contributed by atoms with Crippen LogP contribution in [0.25, 0.3) is 10.8 Å². The Hall–Kier alpha value is -4.24. The topological polar surface area (TPSA) is 86.8 Å². The van der Waals surface area contributed by atoms with Crippen LogP contribution in [0, 0.1) is 5.82 Å². The minimum absolute atomic E-state index is 0.161. The fourth-order valence-corrected chi connectivity index (χ4v) is 5.41. The Bertz CT molecular complexity index is 1570. The molecule has 0 saturated carbocycles. The van der Waals surface area contributed by atoms with Crippen LogP contribution in [0.4, 0.5) is 10.1 Å². The van der Waals surface area contributed by atoms with Gasteiger partial charge in [-0.25, -0.2) is 12.8 Å². The maximum Gasteiger partial charge on any atom is 0.244 e. The molecule has 202 valence electrons. The highest BCUT2D eigenvalue weighted by atomic mass is 32.2. The molecule has 0 aliphatic rings. The van der Waals surface area contributed by atoms with Crippen molar-refractivity contribution in [3.8, 4) is 0 Å². The average Bonchev–Trinajstić information content (AvgIpc) is 2.93. The van der Waals surface area contributed by atoms with Gasteiger partial charge in [0.1, 0.15) is 18.4 Å². The van der Waals surface area contributed by atoms with Crippen LogP contribution in [0.15, 0.2) is 97.1 Å². The van der Waals surface area contributed by atoms with E-state index in [9.17, 15) is 22.4 Å². The molecule has 0 bridgehead atoms. The lowest BCUT2D eigenvalue weighted by molar-refractivity contribution is -0.139. The van der Waals surface area contributed by atoms with Gasteiger partial charge in [-0.3, -0.25) is 13.9 Å². The van der Waals surface area contributed by atoms with E-state index in [4.69, 9.17) is 0 Å². The quantitative estimate of drug-likeness (QED) is 0.324. The molecule has 1 atom stereocenters. The summed E-state index contributed by atoms with van der Waals surface area (Å²) in [5.74, 6) is -1.61. The molecule has 7 nitrogen and oxygen atoms in total. The first kappa shape index (κ1) is 27.8. The Morgan fingerprint density at radius 3 is 2.21 bits per heavy atom. The zero-order chi connectivity index (χ0) is 28.0. The molecule has 2 amide bonds. The number of nitrogens with zero attached hydrogens (tertiary/aromatic N) is 2. The summed E-state index contributed by atoms with van der Waals surface area (Å²) in [4.78, 5) is 28.4. The zero-order valence-electron chi connectivity index (χ0n) is 21.7. The second-order valence-electron chi connectivity index (χ2n) is 9.20. The van der Waals surface area contributed by atoms with Crippen LogP contribution in [0.3, 0.4) is 0 Å². The van der Waals surface area contributed by atoms with Crippen LogP contribution < -0.4 is 9.62 Å². The molecule has 4 aromatic rings. The highest BCUT2D eigenvalue weighted by Crippen LogP contribution is 2.29. The van der Waals surface area contributed by atoms with Gasteiger partial charge in [0.2, 0.25) is 21.8 Å². The number of hydrogen-bond donors (Lipinski definition) is 1. The number of hydrogen-bond acceptors (Lipinski definition) is 4. The van der Waals surface area contributed by atoms with Crippen molar-refractivity contribution >= 4 is 38.3 Å². The SMILES string of the molecule is CNC(=O)[C@H](Cc1ccccc1)N(Cc1ccccc1F)C(=O)CN(c1cccc2ccccc12)S(C)(=O)=O. The van der Waals surface area contributed by atoms with E-state index in [1.165, 1.54) is 30.1 Å². The second kappa shape index (κ2) is 12.1. The summed E-state index contributed by atoms with van der Waals surface area (Å²) in [5, 5.41) is 4.07. The number of nitrogens with one attached hydrogen (secondary N) is 1. The van der Waals surface area contributed by atoms with Crippen LogP contribution in [-0.2, 0) is 32.6 Å². The van der Waals surface area contributed by atoms with Crippen molar-refractivity contribution in [2.45, 2.75) is 19.0 Å². The molecule has 4 aromatic carbocycles. The third-order valence-electron chi connectivity index (χ3n) is 6.53. The number of likely N-dealkylation sites (N-methyl/N-ethyl adjacent to an activating group) is 1. The number of benzene rings is 4. The lowest BCUT2D eigenvalue weighted by Crippen LogP contribution is -2.53. The first-order valence-corrected chi connectivity index (χ1v) is 14.3. The molecule has 0 saturated heterocycles. The number of fused-ring (bicyclic) bond motifs is 1. The Morgan fingerprint density at radius 2 is 1.51 bits per heavy atom. The Morgan fingerprint density at radius 1 is 0.872 bits per heavy atom. The van der Waals surface area contributed by atoms with E-state index in [2.05, 4.69) is 5.32 Å². The van der Waals surface area contributed by atoms with Gasteiger partial charge in [0.05, 0.1) is 11.9 Å². The van der Waals surface area contributed by atoms with Crippen molar-refractivity contribution in [1.29, 1.82) is 0 Å². The Kier molecular flexibility index (Phi) is 8.61. The van der Waals surface area contributed by atoms with E-state index in [0.717, 1.165) is 21.5 Å². The molecule has 9 heteroatoms. The molecule has 1 N–H and O–H groups in total. The predicted molar refractivity (Wildman–Crippen MR) is 151 cm³/mol. The van der Waals surface area contributed by atoms with E-state index in [1.807, 2.05) is 48.5 Å². The van der Waals surface area contributed by atoms with Gasteiger partial charge in [-0.1, -0.05) is 84.9 Å². The van der Waals surface area contributed by atoms with Gasteiger partial charge in [0, 0.05) is 31.0 Å². The van der Waals surface area contributed by atoms with Crippen molar-refractivity contribution in [2.24, 2.45) is 0 Å². The number of amides is 2. The number of carbonyl (C=O) groups is 2. The summed E-state index contributed by atoms with van der Waals surface area (Å²) in [6.07, 6.45) is 1.19. The molecule has 4 rings (SSSR count). The molecule has 0 radical (unpaired) electrons. The van der Waals surface area contributed by atoms with Crippen LogP contribution in [-0.4, -0.2) is 51.0 Å². The van der Waals surface area contributed by atoms with E-state index in [0.29, 0.717) is 11.1 Å². The molecule has 0 aliphatic carbocycles. The van der Waals surface area contributed by atoms with Gasteiger partial charge in [-0.2, -0.15) is 0 Å². The third-order valence-corrected chi connectivity index (χ3v) is 7.66. The summed E-state index contributed by atoms with van der Waals surface area (Å²) in [6, 6.07) is 26.6. The normalized spacial score (nSPS) is 12.1. The lowest BCUT2D eigenvalue weighted by Gasteiger charge is -2.33. The average molecular weight is 548 g/mol. The first-order chi connectivity index (χ1) is 18.7. The Labute approximate surface area is 227 Å². The number of sulfonamides is 1. The number of rotatable bonds is 10. The van der Waals surface area contributed by atoms with Gasteiger partial charge in [0.25, 0.3) is 0 Å². The van der Waals surface area contributed by atoms with Gasteiger partial charge in [0.15, 0.2) is 0 Å². The van der Waals surface area contributed by atoms with Crippen molar-refractivity contribution in [1.82, 2.24) is 10.2 Å². The van der Waals surface area contributed by atoms with Gasteiger partial charge in [-0.05, 0) is 23.1 Å². The third kappa shape index (κ3) is 6.61. The van der Waals surface area contributed by atoms with Crippen molar-refractivity contribution in [3.05, 3.63) is 114 Å². The highest BCUT2D eigenvalue weighted by Gasteiger charge is 2.33. The van der Waals surface area contributed by atoms with Crippen LogP contribution in [0.2, 0.25) is 0 Å². The molecule has 0 spiro atoms. The minimum atomic E-state index is -3.92. The van der Waals surface area contributed by atoms with Gasteiger partial charge >= 0.3 is 0 Å². The van der Waals surface area contributed by atoms with Crippen LogP contribution >= 0.6 is 0 Å². The smallest absolute Gasteiger partial charge is 0.244 e. The van der Waals surface area contributed by atoms with Gasteiger partial charge in [-0.15, -0.1) is 0 Å². The van der Waals surface area contributed by atoms with Crippen molar-refractivity contribution in [3.63, 3.8) is 0 Å². The molecule has 0 heterocycles. The monoisotopic (exact) mass is 547 g/mol. The number of carbonyl (C=O) groups excluding carboxylic acids is 2. The number of halogens is 1. The minimum Gasteiger partial charge on any atom is -0.357 e. The molecule has 0 fully saturated rings. The molecular weight excluding hydrogens is 517 g/mol. The van der Waals surface area contributed by atoms with E-state index < -0.39 is 40.2 Å². The first-order valence-electron chi connectivity index (χ1n) is 12.4. The maximum atomic E-state index is 14.7. The molecule has 0 aliphatic heterocycles. The zero-order valence-corrected chi connectivity index (χ0v) is 22.6. The molecule has 0 unspecified atom stereocenters. The summed E-state index contributed by atoms with van der Waals surface area (Å²) in [6.45, 7) is -0.785. The summed E-state index contributed by atoms with van der Waals surface area (Å²) in [5.41, 5.74) is 1.35. The summed E-state index contributed by atoms with van der Waals surface area (Å²) >= 11 is 0. The second-order valence-corrected chi connectivity index (χ2v) is 11.1. The van der Waals surface area contributed by atoms with Crippen LogP contribution in [0.5, 0.6) is 0 Å². The molecule has 39 heavy (non-hydrogen) atoms. The molecule has 0 aromatic heterocycles. The van der Waals surface area contributed by atoms with Crippen molar-refractivity contribution < 1.29 is 22.4 Å². The van der Waals surface area contributed by atoms with E-state index in [1.54, 1.807) is 30.3 Å². The van der Waals surface area contributed by atoms with E-state index in [-0.39, 0.29) is 18.5 Å². The summed E-state index contributed by atoms with van der Waals surface area (Å²) in [7, 11) is -2.45. The van der Waals surface area contributed by atoms with Crippen LogP contribution in [0.1, 0.15) is 11.1 Å². The highest BCUT2D eigenvalue weighted by molar-refractivity contribution is 7.92. The lowest BCUT2D eigenvalue weighted by atomic mass is 10.0. The molecular formula is C30H30FN3O4S. The maximum absolute atomic E-state index is 14.7. The fourth-order valence-electron chi connectivity index (χ4n) is 4.55. The van der Waals surface area contributed by atoms with Gasteiger partial charge < -0.3 is 10.2 Å². The Balaban J connectivity index is 1.77. The fraction of sp³-hybridized carbons (Fsp3) is 0.200. The standard InChI is InChI=1S/C30H30FN3O4S/c1-32-30(36)28(19-22-11-4-3-5-12-22)33(20-24-14-7-9-17-26(24)31)29(35)21-34(39(2,37)38)27-18-10-15-23-13-6-8-16-25(23)27/h3-18,28H,19-21H2,1-2H3,(H,32,36)/t28-/m0/s1. The van der Waals surface area contributed by atoms with E-state index >= 15 is 0 Å². The predicted octanol–water partition coefficient (Wildman–Crippen LogP) is 4.13. The number of anilines is 1. The summed E-state index contributed by atoms with van der Waals surface area (Å²) < 4.78 is 41.8. The van der Waals surface area contributed by atoms with Crippen molar-refractivity contribution in [2.75, 3.05) is 24.2 Å². The largest absolute Gasteiger partial charge is 0.357 e.